The van der Waals surface area contributed by atoms with Crippen LogP contribution < -0.4 is 4.74 Å². The zero-order valence-corrected chi connectivity index (χ0v) is 9.44. The van der Waals surface area contributed by atoms with E-state index in [0.717, 1.165) is 25.3 Å². The molecule has 0 heterocycles. The third kappa shape index (κ3) is 3.90. The molecule has 0 aliphatic rings. The lowest BCUT2D eigenvalue weighted by Crippen LogP contribution is -2.20. The fraction of sp³-hybridized carbons (Fsp3) is 0.500. The number of rotatable bonds is 6. The summed E-state index contributed by atoms with van der Waals surface area (Å²) < 4.78 is 5.27. The van der Waals surface area contributed by atoms with Gasteiger partial charge in [0.25, 0.3) is 0 Å². The van der Waals surface area contributed by atoms with Gasteiger partial charge < -0.3 is 14.7 Å². The van der Waals surface area contributed by atoms with Crippen LogP contribution in [-0.2, 0) is 6.54 Å². The minimum Gasteiger partial charge on any atom is -0.496 e. The maximum atomic E-state index is 8.73. The van der Waals surface area contributed by atoms with Crippen LogP contribution in [0.4, 0.5) is 0 Å². The van der Waals surface area contributed by atoms with Gasteiger partial charge in [0.2, 0.25) is 0 Å². The molecule has 1 aromatic rings. The van der Waals surface area contributed by atoms with E-state index in [-0.39, 0.29) is 6.61 Å². The van der Waals surface area contributed by atoms with E-state index in [0.29, 0.717) is 0 Å². The van der Waals surface area contributed by atoms with Crippen LogP contribution in [0.15, 0.2) is 24.3 Å². The summed E-state index contributed by atoms with van der Waals surface area (Å²) in [5.74, 6) is 0.924. The van der Waals surface area contributed by atoms with Gasteiger partial charge in [-0.25, -0.2) is 0 Å². The Balaban J connectivity index is 2.55. The van der Waals surface area contributed by atoms with Gasteiger partial charge in [0.1, 0.15) is 5.75 Å². The molecule has 1 rings (SSSR count). The third-order valence-electron chi connectivity index (χ3n) is 2.33. The van der Waals surface area contributed by atoms with Crippen molar-refractivity contribution >= 4 is 0 Å². The number of benzene rings is 1. The quantitative estimate of drug-likeness (QED) is 0.771. The molecule has 0 aliphatic heterocycles. The fourth-order valence-electron chi connectivity index (χ4n) is 1.54. The monoisotopic (exact) mass is 209 g/mol. The molecule has 0 spiro atoms. The molecule has 0 fully saturated rings. The number of aliphatic hydroxyl groups excluding tert-OH is 1. The molecule has 0 radical (unpaired) electrons. The lowest BCUT2D eigenvalue weighted by molar-refractivity contribution is 0.242. The number of aliphatic hydroxyl groups is 1. The van der Waals surface area contributed by atoms with E-state index < -0.39 is 0 Å². The molecule has 1 aromatic carbocycles. The summed E-state index contributed by atoms with van der Waals surface area (Å²) in [5.41, 5.74) is 1.18. The van der Waals surface area contributed by atoms with E-state index in [4.69, 9.17) is 9.84 Å². The predicted octanol–water partition coefficient (Wildman–Crippen LogP) is 1.51. The first-order valence-corrected chi connectivity index (χ1v) is 5.19. The number of hydrogen-bond acceptors (Lipinski definition) is 3. The highest BCUT2D eigenvalue weighted by Gasteiger charge is 2.04. The fourth-order valence-corrected chi connectivity index (χ4v) is 1.54. The average molecular weight is 209 g/mol. The molecule has 0 unspecified atom stereocenters. The zero-order chi connectivity index (χ0) is 11.1. The van der Waals surface area contributed by atoms with Gasteiger partial charge in [0.15, 0.2) is 0 Å². The van der Waals surface area contributed by atoms with Crippen LogP contribution in [0.3, 0.4) is 0 Å². The molecule has 0 aliphatic carbocycles. The largest absolute Gasteiger partial charge is 0.496 e. The van der Waals surface area contributed by atoms with Crippen molar-refractivity contribution in [2.75, 3.05) is 27.3 Å². The highest BCUT2D eigenvalue weighted by molar-refractivity contribution is 5.32. The summed E-state index contributed by atoms with van der Waals surface area (Å²) in [6.07, 6.45) is 0.811. The summed E-state index contributed by atoms with van der Waals surface area (Å²) >= 11 is 0. The third-order valence-corrected chi connectivity index (χ3v) is 2.33. The Morgan fingerprint density at radius 3 is 2.73 bits per heavy atom. The predicted molar refractivity (Wildman–Crippen MR) is 61.0 cm³/mol. The Bertz CT molecular complexity index is 289. The maximum absolute atomic E-state index is 8.73. The first-order chi connectivity index (χ1) is 7.27. The summed E-state index contributed by atoms with van der Waals surface area (Å²) in [6.45, 7) is 1.99. The molecule has 3 heteroatoms. The van der Waals surface area contributed by atoms with Crippen molar-refractivity contribution in [1.82, 2.24) is 4.90 Å². The molecule has 84 valence electrons. The zero-order valence-electron chi connectivity index (χ0n) is 9.44. The number of hydrogen-bond donors (Lipinski definition) is 1. The maximum Gasteiger partial charge on any atom is 0.123 e. The molecule has 15 heavy (non-hydrogen) atoms. The minimum atomic E-state index is 0.246. The Morgan fingerprint density at radius 1 is 1.33 bits per heavy atom. The number of para-hydroxylation sites is 1. The standard InChI is InChI=1S/C12H19NO2/c1-13(8-5-9-14)10-11-6-3-4-7-12(11)15-2/h3-4,6-7,14H,5,8-10H2,1-2H3. The smallest absolute Gasteiger partial charge is 0.123 e. The minimum absolute atomic E-state index is 0.246. The van der Waals surface area contributed by atoms with Crippen molar-refractivity contribution in [3.63, 3.8) is 0 Å². The topological polar surface area (TPSA) is 32.7 Å². The van der Waals surface area contributed by atoms with Crippen LogP contribution in [0.1, 0.15) is 12.0 Å². The van der Waals surface area contributed by atoms with E-state index >= 15 is 0 Å². The molecule has 3 nitrogen and oxygen atoms in total. The van der Waals surface area contributed by atoms with Gasteiger partial charge in [0, 0.05) is 25.3 Å². The molecular formula is C12H19NO2. The van der Waals surface area contributed by atoms with E-state index in [1.54, 1.807) is 7.11 Å². The number of ether oxygens (including phenoxy) is 1. The SMILES string of the molecule is COc1ccccc1CN(C)CCCO. The second-order valence-corrected chi connectivity index (χ2v) is 3.63. The summed E-state index contributed by atoms with van der Waals surface area (Å²) in [5, 5.41) is 8.73. The Morgan fingerprint density at radius 2 is 2.07 bits per heavy atom. The van der Waals surface area contributed by atoms with Gasteiger partial charge >= 0.3 is 0 Å². The van der Waals surface area contributed by atoms with E-state index in [2.05, 4.69) is 11.0 Å². The normalized spacial score (nSPS) is 10.7. The van der Waals surface area contributed by atoms with E-state index in [1.807, 2.05) is 25.2 Å². The second kappa shape index (κ2) is 6.43. The van der Waals surface area contributed by atoms with Gasteiger partial charge in [-0.1, -0.05) is 18.2 Å². The van der Waals surface area contributed by atoms with Crippen LogP contribution >= 0.6 is 0 Å². The van der Waals surface area contributed by atoms with Crippen LogP contribution in [0.5, 0.6) is 5.75 Å². The van der Waals surface area contributed by atoms with Gasteiger partial charge in [0.05, 0.1) is 7.11 Å². The Hall–Kier alpha value is -1.06. The highest BCUT2D eigenvalue weighted by atomic mass is 16.5. The van der Waals surface area contributed by atoms with Crippen molar-refractivity contribution in [3.05, 3.63) is 29.8 Å². The van der Waals surface area contributed by atoms with Crippen LogP contribution in [-0.4, -0.2) is 37.3 Å². The van der Waals surface area contributed by atoms with Crippen molar-refractivity contribution in [1.29, 1.82) is 0 Å². The lowest BCUT2D eigenvalue weighted by Gasteiger charge is -2.17. The molecule has 0 amide bonds. The summed E-state index contributed by atoms with van der Waals surface area (Å²) in [4.78, 5) is 2.17. The van der Waals surface area contributed by atoms with E-state index in [9.17, 15) is 0 Å². The van der Waals surface area contributed by atoms with Crippen molar-refractivity contribution < 1.29 is 9.84 Å². The number of nitrogens with zero attached hydrogens (tertiary/aromatic N) is 1. The molecule has 0 atom stereocenters. The van der Waals surface area contributed by atoms with Gasteiger partial charge in [-0.3, -0.25) is 0 Å². The summed E-state index contributed by atoms with van der Waals surface area (Å²) in [6, 6.07) is 8.01. The lowest BCUT2D eigenvalue weighted by atomic mass is 10.2. The van der Waals surface area contributed by atoms with Crippen molar-refractivity contribution in [3.8, 4) is 5.75 Å². The molecule has 1 N–H and O–H groups in total. The molecule has 0 aromatic heterocycles. The van der Waals surface area contributed by atoms with Gasteiger partial charge in [-0.2, -0.15) is 0 Å². The molecule has 0 bridgehead atoms. The highest BCUT2D eigenvalue weighted by Crippen LogP contribution is 2.18. The Labute approximate surface area is 91.3 Å². The first kappa shape index (κ1) is 12.0. The first-order valence-electron chi connectivity index (χ1n) is 5.19. The summed E-state index contributed by atoms with van der Waals surface area (Å²) in [7, 11) is 3.73. The van der Waals surface area contributed by atoms with Gasteiger partial charge in [-0.05, 0) is 19.5 Å². The average Bonchev–Trinajstić information content (AvgIpc) is 2.27. The number of methoxy groups -OCH3 is 1. The Kier molecular flexibility index (Phi) is 5.15. The van der Waals surface area contributed by atoms with Crippen LogP contribution in [0, 0.1) is 0 Å². The molecule has 0 saturated heterocycles. The van der Waals surface area contributed by atoms with Crippen LogP contribution in [0.25, 0.3) is 0 Å². The van der Waals surface area contributed by atoms with E-state index in [1.165, 1.54) is 5.56 Å². The second-order valence-electron chi connectivity index (χ2n) is 3.63. The molecular weight excluding hydrogens is 190 g/mol. The van der Waals surface area contributed by atoms with Crippen molar-refractivity contribution in [2.45, 2.75) is 13.0 Å². The van der Waals surface area contributed by atoms with Gasteiger partial charge in [-0.15, -0.1) is 0 Å². The van der Waals surface area contributed by atoms with Crippen LogP contribution in [0.2, 0.25) is 0 Å². The molecule has 0 saturated carbocycles. The van der Waals surface area contributed by atoms with Crippen molar-refractivity contribution in [2.24, 2.45) is 0 Å².